The van der Waals surface area contributed by atoms with Crippen LogP contribution >= 0.6 is 15.9 Å². The molecule has 2 aromatic carbocycles. The quantitative estimate of drug-likeness (QED) is 0.877. The SMILES string of the molecule is CC(=O)/C(=C/Br)C(O)c1cccc2ccccc12. The van der Waals surface area contributed by atoms with Gasteiger partial charge in [-0.15, -0.1) is 0 Å². The van der Waals surface area contributed by atoms with Crippen LogP contribution in [0.5, 0.6) is 0 Å². The minimum atomic E-state index is -0.909. The predicted molar refractivity (Wildman–Crippen MR) is 76.6 cm³/mol. The standard InChI is InChI=1S/C15H13BrO2/c1-10(17)14(9-16)15(18)13-8-4-6-11-5-2-3-7-12(11)13/h2-9,15,18H,1H3/b14-9-. The van der Waals surface area contributed by atoms with Crippen LogP contribution in [0.4, 0.5) is 0 Å². The molecule has 2 aromatic rings. The van der Waals surface area contributed by atoms with E-state index in [0.29, 0.717) is 5.57 Å². The van der Waals surface area contributed by atoms with Gasteiger partial charge in [-0.05, 0) is 28.2 Å². The molecule has 0 heterocycles. The number of benzene rings is 2. The van der Waals surface area contributed by atoms with Crippen LogP contribution in [-0.2, 0) is 4.79 Å². The summed E-state index contributed by atoms with van der Waals surface area (Å²) in [6, 6.07) is 13.5. The van der Waals surface area contributed by atoms with Gasteiger partial charge in [0, 0.05) is 5.57 Å². The van der Waals surface area contributed by atoms with Gasteiger partial charge in [0.1, 0.15) is 6.10 Å². The maximum absolute atomic E-state index is 11.5. The molecule has 1 unspecified atom stereocenters. The third-order valence-electron chi connectivity index (χ3n) is 2.94. The van der Waals surface area contributed by atoms with E-state index in [4.69, 9.17) is 0 Å². The van der Waals surface area contributed by atoms with Crippen LogP contribution in [0.2, 0.25) is 0 Å². The molecule has 3 heteroatoms. The van der Waals surface area contributed by atoms with Crippen LogP contribution in [0.25, 0.3) is 10.8 Å². The van der Waals surface area contributed by atoms with Gasteiger partial charge < -0.3 is 5.11 Å². The molecular weight excluding hydrogens is 292 g/mol. The molecule has 0 spiro atoms. The molecule has 0 radical (unpaired) electrons. The average Bonchev–Trinajstić information content (AvgIpc) is 2.38. The molecule has 0 bridgehead atoms. The van der Waals surface area contributed by atoms with Crippen molar-refractivity contribution in [3.05, 3.63) is 58.6 Å². The highest BCUT2D eigenvalue weighted by Crippen LogP contribution is 2.29. The minimum absolute atomic E-state index is 0.146. The van der Waals surface area contributed by atoms with Crippen LogP contribution < -0.4 is 0 Å². The summed E-state index contributed by atoms with van der Waals surface area (Å²) in [5, 5.41) is 12.3. The Morgan fingerprint density at radius 1 is 1.22 bits per heavy atom. The van der Waals surface area contributed by atoms with Gasteiger partial charge in [-0.3, -0.25) is 4.79 Å². The van der Waals surface area contributed by atoms with Gasteiger partial charge in [0.2, 0.25) is 0 Å². The molecule has 2 nitrogen and oxygen atoms in total. The fraction of sp³-hybridized carbons (Fsp3) is 0.133. The molecule has 0 aliphatic carbocycles. The Bertz CT molecular complexity index is 611. The first-order valence-corrected chi connectivity index (χ1v) is 6.53. The van der Waals surface area contributed by atoms with Crippen LogP contribution in [0, 0.1) is 0 Å². The molecule has 18 heavy (non-hydrogen) atoms. The van der Waals surface area contributed by atoms with E-state index in [9.17, 15) is 9.90 Å². The molecule has 0 saturated carbocycles. The van der Waals surface area contributed by atoms with Gasteiger partial charge in [0.25, 0.3) is 0 Å². The summed E-state index contributed by atoms with van der Waals surface area (Å²) >= 11 is 3.14. The number of halogens is 1. The second kappa shape index (κ2) is 5.46. The second-order valence-electron chi connectivity index (χ2n) is 4.09. The van der Waals surface area contributed by atoms with E-state index in [0.717, 1.165) is 16.3 Å². The number of ketones is 1. The van der Waals surface area contributed by atoms with Crippen LogP contribution in [0.15, 0.2) is 53.0 Å². The Hall–Kier alpha value is -1.45. The monoisotopic (exact) mass is 304 g/mol. The van der Waals surface area contributed by atoms with E-state index >= 15 is 0 Å². The normalized spacial score (nSPS) is 13.6. The number of aliphatic hydroxyl groups excluding tert-OH is 1. The Balaban J connectivity index is 2.58. The van der Waals surface area contributed by atoms with Crippen molar-refractivity contribution in [1.29, 1.82) is 0 Å². The number of hydrogen-bond acceptors (Lipinski definition) is 2. The Kier molecular flexibility index (Phi) is 3.94. The Labute approximate surface area is 114 Å². The fourth-order valence-electron chi connectivity index (χ4n) is 1.99. The van der Waals surface area contributed by atoms with E-state index in [1.165, 1.54) is 11.9 Å². The maximum Gasteiger partial charge on any atom is 0.159 e. The van der Waals surface area contributed by atoms with Crippen LogP contribution in [0.1, 0.15) is 18.6 Å². The van der Waals surface area contributed by atoms with E-state index < -0.39 is 6.10 Å². The molecule has 0 saturated heterocycles. The number of aliphatic hydroxyl groups is 1. The topological polar surface area (TPSA) is 37.3 Å². The number of Topliss-reactive ketones (excluding diaryl/α,β-unsaturated/α-hetero) is 1. The zero-order valence-electron chi connectivity index (χ0n) is 9.93. The summed E-state index contributed by atoms with van der Waals surface area (Å²) in [6.07, 6.45) is -0.909. The number of carbonyl (C=O) groups is 1. The summed E-state index contributed by atoms with van der Waals surface area (Å²) in [5.74, 6) is -0.146. The molecule has 2 rings (SSSR count). The number of rotatable bonds is 3. The maximum atomic E-state index is 11.5. The number of fused-ring (bicyclic) bond motifs is 1. The minimum Gasteiger partial charge on any atom is -0.383 e. The van der Waals surface area contributed by atoms with Crippen molar-refractivity contribution >= 4 is 32.5 Å². The van der Waals surface area contributed by atoms with Crippen molar-refractivity contribution < 1.29 is 9.90 Å². The van der Waals surface area contributed by atoms with E-state index in [2.05, 4.69) is 15.9 Å². The van der Waals surface area contributed by atoms with E-state index in [-0.39, 0.29) is 5.78 Å². The third kappa shape index (κ3) is 2.37. The summed E-state index contributed by atoms with van der Waals surface area (Å²) < 4.78 is 0. The summed E-state index contributed by atoms with van der Waals surface area (Å²) in [4.78, 5) is 13.0. The predicted octanol–water partition coefficient (Wildman–Crippen LogP) is 3.74. The molecule has 0 aliphatic heterocycles. The lowest BCUT2D eigenvalue weighted by Crippen LogP contribution is -2.08. The zero-order chi connectivity index (χ0) is 13.1. The first kappa shape index (κ1) is 13.0. The summed E-state index contributed by atoms with van der Waals surface area (Å²) in [5.41, 5.74) is 1.10. The summed E-state index contributed by atoms with van der Waals surface area (Å²) in [7, 11) is 0. The highest BCUT2D eigenvalue weighted by molar-refractivity contribution is 9.11. The molecule has 1 atom stereocenters. The summed E-state index contributed by atoms with van der Waals surface area (Å²) in [6.45, 7) is 1.45. The van der Waals surface area contributed by atoms with E-state index in [1.54, 1.807) is 0 Å². The molecule has 0 aliphatic rings. The lowest BCUT2D eigenvalue weighted by atomic mass is 9.95. The van der Waals surface area contributed by atoms with Crippen LogP contribution in [0.3, 0.4) is 0 Å². The lowest BCUT2D eigenvalue weighted by Gasteiger charge is -2.15. The van der Waals surface area contributed by atoms with Gasteiger partial charge in [-0.1, -0.05) is 58.4 Å². The number of carbonyl (C=O) groups excluding carboxylic acids is 1. The fourth-order valence-corrected chi connectivity index (χ4v) is 2.56. The van der Waals surface area contributed by atoms with E-state index in [1.807, 2.05) is 42.5 Å². The first-order valence-electron chi connectivity index (χ1n) is 5.62. The largest absolute Gasteiger partial charge is 0.383 e. The van der Waals surface area contributed by atoms with Gasteiger partial charge in [-0.2, -0.15) is 0 Å². The molecule has 92 valence electrons. The lowest BCUT2D eigenvalue weighted by molar-refractivity contribution is -0.114. The van der Waals surface area contributed by atoms with Crippen molar-refractivity contribution in [3.8, 4) is 0 Å². The third-order valence-corrected chi connectivity index (χ3v) is 3.43. The molecule has 0 fully saturated rings. The van der Waals surface area contributed by atoms with Crippen molar-refractivity contribution in [3.63, 3.8) is 0 Å². The average molecular weight is 305 g/mol. The smallest absolute Gasteiger partial charge is 0.159 e. The van der Waals surface area contributed by atoms with Crippen molar-refractivity contribution in [2.75, 3.05) is 0 Å². The number of hydrogen-bond donors (Lipinski definition) is 1. The van der Waals surface area contributed by atoms with Gasteiger partial charge in [0.05, 0.1) is 0 Å². The van der Waals surface area contributed by atoms with Gasteiger partial charge >= 0.3 is 0 Å². The molecule has 0 amide bonds. The Morgan fingerprint density at radius 3 is 2.56 bits per heavy atom. The highest BCUT2D eigenvalue weighted by Gasteiger charge is 2.18. The van der Waals surface area contributed by atoms with Crippen molar-refractivity contribution in [2.24, 2.45) is 0 Å². The molecule has 1 N–H and O–H groups in total. The van der Waals surface area contributed by atoms with Gasteiger partial charge in [-0.25, -0.2) is 0 Å². The highest BCUT2D eigenvalue weighted by atomic mass is 79.9. The van der Waals surface area contributed by atoms with Crippen LogP contribution in [-0.4, -0.2) is 10.9 Å². The zero-order valence-corrected chi connectivity index (χ0v) is 11.5. The van der Waals surface area contributed by atoms with Crippen molar-refractivity contribution in [2.45, 2.75) is 13.0 Å². The molecular formula is C15H13BrO2. The second-order valence-corrected chi connectivity index (χ2v) is 4.55. The Morgan fingerprint density at radius 2 is 1.89 bits per heavy atom. The van der Waals surface area contributed by atoms with Gasteiger partial charge in [0.15, 0.2) is 5.78 Å². The first-order chi connectivity index (χ1) is 8.65. The molecule has 0 aromatic heterocycles. The van der Waals surface area contributed by atoms with Crippen molar-refractivity contribution in [1.82, 2.24) is 0 Å².